The molecule has 2 heterocycles. The first-order chi connectivity index (χ1) is 16.3. The summed E-state index contributed by atoms with van der Waals surface area (Å²) in [6, 6.07) is 17.4. The van der Waals surface area contributed by atoms with Gasteiger partial charge in [0.25, 0.3) is 5.91 Å². The molecule has 4 aromatic rings. The van der Waals surface area contributed by atoms with Crippen molar-refractivity contribution in [3.05, 3.63) is 83.6 Å². The van der Waals surface area contributed by atoms with Crippen molar-refractivity contribution in [2.45, 2.75) is 4.90 Å². The fraction of sp³-hybridized carbons (Fsp3) is 0.167. The number of carbonyl (C=O) groups excluding carboxylic acids is 1. The normalized spacial score (nSPS) is 14.6. The zero-order valence-corrected chi connectivity index (χ0v) is 20.9. The summed E-state index contributed by atoms with van der Waals surface area (Å²) in [5.41, 5.74) is 7.17. The van der Waals surface area contributed by atoms with Crippen LogP contribution >= 0.6 is 24.0 Å². The van der Waals surface area contributed by atoms with Gasteiger partial charge in [0.05, 0.1) is 4.90 Å². The Bertz CT molecular complexity index is 1480. The van der Waals surface area contributed by atoms with Crippen LogP contribution in [0.5, 0.6) is 0 Å². The molecular weight excluding hydrogens is 509 g/mol. The van der Waals surface area contributed by atoms with Gasteiger partial charge in [0.2, 0.25) is 16.0 Å². The van der Waals surface area contributed by atoms with Gasteiger partial charge in [-0.1, -0.05) is 23.7 Å². The fourth-order valence-corrected chi connectivity index (χ4v) is 5.75. The molecule has 2 N–H and O–H groups in total. The van der Waals surface area contributed by atoms with Crippen molar-refractivity contribution in [1.82, 2.24) is 18.8 Å². The maximum Gasteiger partial charge on any atom is 0.253 e. The third-order valence-corrected chi connectivity index (χ3v) is 8.13. The van der Waals surface area contributed by atoms with Gasteiger partial charge < -0.3 is 10.6 Å². The molecule has 3 aromatic carbocycles. The monoisotopic (exact) mass is 531 g/mol. The van der Waals surface area contributed by atoms with E-state index in [4.69, 9.17) is 17.3 Å². The van der Waals surface area contributed by atoms with Crippen LogP contribution in [-0.4, -0.2) is 59.3 Å². The number of benzene rings is 3. The van der Waals surface area contributed by atoms with E-state index in [1.165, 1.54) is 4.31 Å². The second-order valence-electron chi connectivity index (χ2n) is 8.05. The largest absolute Gasteiger partial charge is 0.369 e. The molecule has 1 amide bonds. The topological polar surface area (TPSA) is 102 Å². The average Bonchev–Trinajstić information content (AvgIpc) is 3.29. The first-order valence-electron chi connectivity index (χ1n) is 10.7. The maximum atomic E-state index is 13.2. The van der Waals surface area contributed by atoms with Crippen LogP contribution in [0.25, 0.3) is 16.5 Å². The van der Waals surface area contributed by atoms with Gasteiger partial charge in [0.1, 0.15) is 0 Å². The summed E-state index contributed by atoms with van der Waals surface area (Å²) in [4.78, 5) is 18.9. The predicted octanol–water partition coefficient (Wildman–Crippen LogP) is 3.83. The summed E-state index contributed by atoms with van der Waals surface area (Å²) in [6.07, 6.45) is 3.35. The second-order valence-corrected chi connectivity index (χ2v) is 10.4. The van der Waals surface area contributed by atoms with E-state index in [1.807, 2.05) is 0 Å². The molecular formula is C24H23Cl2N5O3S. The lowest BCUT2D eigenvalue weighted by atomic mass is 10.1. The van der Waals surface area contributed by atoms with Gasteiger partial charge in [-0.25, -0.2) is 13.4 Å². The van der Waals surface area contributed by atoms with E-state index < -0.39 is 10.0 Å². The van der Waals surface area contributed by atoms with Gasteiger partial charge in [-0.2, -0.15) is 4.31 Å². The van der Waals surface area contributed by atoms with Crippen LogP contribution in [0.4, 0.5) is 5.95 Å². The molecule has 1 aromatic heterocycles. The standard InChI is InChI=1S/C24H22ClN5O3S.ClH/c25-20-5-1-19-16-22(8-4-18(19)15-20)34(32,33)29-13-11-28(12-14-29)23(31)17-2-6-21(7-3-17)30-10-9-27-24(30)26;/h1-10,15-16H,11-14H2,(H2,26,27);1H. The number of hydrogen-bond acceptors (Lipinski definition) is 5. The zero-order valence-electron chi connectivity index (χ0n) is 18.5. The highest BCUT2D eigenvalue weighted by Gasteiger charge is 2.30. The average molecular weight is 532 g/mol. The Morgan fingerprint density at radius 1 is 0.914 bits per heavy atom. The van der Waals surface area contributed by atoms with Crippen LogP contribution in [-0.2, 0) is 10.0 Å². The van der Waals surface area contributed by atoms with Crippen molar-refractivity contribution in [3.8, 4) is 5.69 Å². The van der Waals surface area contributed by atoms with Gasteiger partial charge in [-0.05, 0) is 59.3 Å². The SMILES string of the molecule is Cl.Nc1nccn1-c1ccc(C(=O)N2CCN(S(=O)(=O)c3ccc4cc(Cl)ccc4c3)CC2)cc1. The lowest BCUT2D eigenvalue weighted by molar-refractivity contribution is 0.0698. The first-order valence-corrected chi connectivity index (χ1v) is 12.5. The molecule has 0 spiro atoms. The number of halogens is 2. The van der Waals surface area contributed by atoms with Crippen LogP contribution in [0, 0.1) is 0 Å². The minimum Gasteiger partial charge on any atom is -0.369 e. The number of imidazole rings is 1. The minimum absolute atomic E-state index is 0. The van der Waals surface area contributed by atoms with Crippen LogP contribution < -0.4 is 5.73 Å². The summed E-state index contributed by atoms with van der Waals surface area (Å²) in [7, 11) is -3.67. The third-order valence-electron chi connectivity index (χ3n) is 6.00. The lowest BCUT2D eigenvalue weighted by Crippen LogP contribution is -2.50. The van der Waals surface area contributed by atoms with Crippen LogP contribution in [0.3, 0.4) is 0 Å². The van der Waals surface area contributed by atoms with Crippen LogP contribution in [0.1, 0.15) is 10.4 Å². The molecule has 1 fully saturated rings. The summed E-state index contributed by atoms with van der Waals surface area (Å²) >= 11 is 6.02. The number of nitrogens with two attached hydrogens (primary N) is 1. The number of anilines is 1. The number of sulfonamides is 1. The van der Waals surface area contributed by atoms with Crippen molar-refractivity contribution >= 4 is 56.7 Å². The Morgan fingerprint density at radius 2 is 1.57 bits per heavy atom. The zero-order chi connectivity index (χ0) is 23.9. The van der Waals surface area contributed by atoms with E-state index in [9.17, 15) is 13.2 Å². The summed E-state index contributed by atoms with van der Waals surface area (Å²) < 4.78 is 29.6. The quantitative estimate of drug-likeness (QED) is 0.431. The van der Waals surface area contributed by atoms with Crippen molar-refractivity contribution in [2.24, 2.45) is 0 Å². The molecule has 5 rings (SSSR count). The van der Waals surface area contributed by atoms with Crippen molar-refractivity contribution < 1.29 is 13.2 Å². The Balaban J connectivity index is 0.00000289. The number of aromatic nitrogens is 2. The first kappa shape index (κ1) is 25.0. The number of rotatable bonds is 4. The molecule has 1 aliphatic heterocycles. The number of nitrogens with zero attached hydrogens (tertiary/aromatic N) is 4. The number of amides is 1. The Hall–Kier alpha value is -3.11. The molecule has 35 heavy (non-hydrogen) atoms. The van der Waals surface area contributed by atoms with Crippen molar-refractivity contribution in [1.29, 1.82) is 0 Å². The molecule has 11 heteroatoms. The van der Waals surface area contributed by atoms with Crippen molar-refractivity contribution in [3.63, 3.8) is 0 Å². The molecule has 0 atom stereocenters. The highest BCUT2D eigenvalue weighted by Crippen LogP contribution is 2.25. The highest BCUT2D eigenvalue weighted by atomic mass is 35.5. The highest BCUT2D eigenvalue weighted by molar-refractivity contribution is 7.89. The number of hydrogen-bond donors (Lipinski definition) is 1. The Morgan fingerprint density at radius 3 is 2.23 bits per heavy atom. The molecule has 1 aliphatic rings. The van der Waals surface area contributed by atoms with Gasteiger partial charge in [0, 0.05) is 54.8 Å². The third kappa shape index (κ3) is 4.85. The van der Waals surface area contributed by atoms with Crippen molar-refractivity contribution in [2.75, 3.05) is 31.9 Å². The van der Waals surface area contributed by atoms with E-state index in [0.29, 0.717) is 29.6 Å². The molecule has 0 bridgehead atoms. The van der Waals surface area contributed by atoms with E-state index in [-0.39, 0.29) is 36.3 Å². The lowest BCUT2D eigenvalue weighted by Gasteiger charge is -2.34. The summed E-state index contributed by atoms with van der Waals surface area (Å²) in [5.74, 6) is 0.233. The fourth-order valence-electron chi connectivity index (χ4n) is 4.12. The molecule has 182 valence electrons. The van der Waals surface area contributed by atoms with Gasteiger partial charge in [-0.3, -0.25) is 9.36 Å². The summed E-state index contributed by atoms with van der Waals surface area (Å²) in [5, 5.41) is 2.29. The molecule has 0 aliphatic carbocycles. The minimum atomic E-state index is -3.67. The Labute approximate surface area is 214 Å². The number of nitrogen functional groups attached to an aromatic ring is 1. The van der Waals surface area contributed by atoms with E-state index in [1.54, 1.807) is 82.5 Å². The maximum absolute atomic E-state index is 13.2. The van der Waals surface area contributed by atoms with Crippen LogP contribution in [0.15, 0.2) is 78.0 Å². The second kappa shape index (κ2) is 9.87. The van der Waals surface area contributed by atoms with E-state index >= 15 is 0 Å². The smallest absolute Gasteiger partial charge is 0.253 e. The van der Waals surface area contributed by atoms with E-state index in [0.717, 1.165) is 16.5 Å². The van der Waals surface area contributed by atoms with Gasteiger partial charge >= 0.3 is 0 Å². The number of piperazine rings is 1. The van der Waals surface area contributed by atoms with Crippen LogP contribution in [0.2, 0.25) is 5.02 Å². The molecule has 0 unspecified atom stereocenters. The number of fused-ring (bicyclic) bond motifs is 1. The molecule has 1 saturated heterocycles. The predicted molar refractivity (Wildman–Crippen MR) is 139 cm³/mol. The molecule has 8 nitrogen and oxygen atoms in total. The number of carbonyl (C=O) groups is 1. The van der Waals surface area contributed by atoms with Gasteiger partial charge in [-0.15, -0.1) is 12.4 Å². The van der Waals surface area contributed by atoms with E-state index in [2.05, 4.69) is 4.98 Å². The Kier molecular flexibility index (Phi) is 7.05. The molecule has 0 radical (unpaired) electrons. The summed E-state index contributed by atoms with van der Waals surface area (Å²) in [6.45, 7) is 1.10. The van der Waals surface area contributed by atoms with Gasteiger partial charge in [0.15, 0.2) is 0 Å². The molecule has 0 saturated carbocycles.